The molecule has 1 aliphatic carbocycles. The maximum absolute atomic E-state index is 4.37. The molecule has 0 saturated carbocycles. The molecule has 1 aromatic carbocycles. The highest BCUT2D eigenvalue weighted by Crippen LogP contribution is 2.10. The van der Waals surface area contributed by atoms with Crippen LogP contribution in [-0.4, -0.2) is 5.71 Å². The minimum atomic E-state index is 0.841. The van der Waals surface area contributed by atoms with Gasteiger partial charge in [-0.25, -0.2) is 4.99 Å². The Morgan fingerprint density at radius 2 is 2.00 bits per heavy atom. The quantitative estimate of drug-likeness (QED) is 0.570. The molecule has 0 aliphatic heterocycles. The molecule has 1 nitrogen and oxygen atoms in total. The highest BCUT2D eigenvalue weighted by Gasteiger charge is 1.92. The summed E-state index contributed by atoms with van der Waals surface area (Å²) in [5.74, 6) is 5.97. The zero-order valence-electron chi connectivity index (χ0n) is 7.20. The number of allylic oxidation sites excluding steroid dienone is 2. The SMILES string of the molecule is C1#CC(=Nc2ccccc2)C=CC1. The van der Waals surface area contributed by atoms with Gasteiger partial charge in [0.05, 0.1) is 5.69 Å². The lowest BCUT2D eigenvalue weighted by molar-refractivity contribution is 1.45. The van der Waals surface area contributed by atoms with Gasteiger partial charge in [0, 0.05) is 6.42 Å². The molecular formula is C12H9N. The standard InChI is InChI=1S/C12H9N/c1-3-7-11(8-4-1)13-12-9-5-2-6-10-12/h1,3-5,7-9H,2H2. The van der Waals surface area contributed by atoms with Gasteiger partial charge in [0.25, 0.3) is 0 Å². The van der Waals surface area contributed by atoms with Gasteiger partial charge in [-0.2, -0.15) is 0 Å². The van der Waals surface area contributed by atoms with Crippen LogP contribution in [0, 0.1) is 11.8 Å². The Labute approximate surface area is 77.8 Å². The predicted molar refractivity (Wildman–Crippen MR) is 55.1 cm³/mol. The number of rotatable bonds is 1. The average Bonchev–Trinajstić information content (AvgIpc) is 2.21. The van der Waals surface area contributed by atoms with Crippen LogP contribution in [-0.2, 0) is 0 Å². The molecule has 1 aliphatic rings. The third kappa shape index (κ3) is 2.07. The minimum absolute atomic E-state index is 0.841. The van der Waals surface area contributed by atoms with Crippen molar-refractivity contribution >= 4 is 11.4 Å². The van der Waals surface area contributed by atoms with Gasteiger partial charge >= 0.3 is 0 Å². The van der Waals surface area contributed by atoms with E-state index in [4.69, 9.17) is 0 Å². The van der Waals surface area contributed by atoms with Gasteiger partial charge in [-0.1, -0.05) is 30.2 Å². The van der Waals surface area contributed by atoms with E-state index in [0.29, 0.717) is 0 Å². The summed E-state index contributed by atoms with van der Waals surface area (Å²) in [6.07, 6.45) is 4.83. The second kappa shape index (κ2) is 3.73. The average molecular weight is 167 g/mol. The second-order valence-corrected chi connectivity index (χ2v) is 2.74. The van der Waals surface area contributed by atoms with Crippen LogP contribution in [0.4, 0.5) is 5.69 Å². The maximum atomic E-state index is 4.37. The first-order valence-corrected chi connectivity index (χ1v) is 4.24. The predicted octanol–water partition coefficient (Wildman–Crippen LogP) is 2.72. The van der Waals surface area contributed by atoms with Gasteiger partial charge in [0.1, 0.15) is 5.71 Å². The lowest BCUT2D eigenvalue weighted by Gasteiger charge is -1.95. The van der Waals surface area contributed by atoms with Gasteiger partial charge in [-0.15, -0.1) is 0 Å². The molecule has 0 N–H and O–H groups in total. The topological polar surface area (TPSA) is 12.4 Å². The summed E-state index contributed by atoms with van der Waals surface area (Å²) in [7, 11) is 0. The normalized spacial score (nSPS) is 16.8. The lowest BCUT2D eigenvalue weighted by Crippen LogP contribution is -1.90. The van der Waals surface area contributed by atoms with E-state index in [1.807, 2.05) is 42.5 Å². The molecule has 0 heterocycles. The largest absolute Gasteiger partial charge is 0.240 e. The molecule has 0 saturated heterocycles. The number of para-hydroxylation sites is 1. The van der Waals surface area contributed by atoms with Gasteiger partial charge in [-0.05, 0) is 24.1 Å². The van der Waals surface area contributed by atoms with E-state index in [2.05, 4.69) is 16.8 Å². The number of hydrogen-bond acceptors (Lipinski definition) is 1. The van der Waals surface area contributed by atoms with Crippen molar-refractivity contribution < 1.29 is 0 Å². The third-order valence-electron chi connectivity index (χ3n) is 1.72. The Morgan fingerprint density at radius 1 is 1.15 bits per heavy atom. The fraction of sp³-hybridized carbons (Fsp3) is 0.0833. The molecule has 0 radical (unpaired) electrons. The zero-order valence-corrected chi connectivity index (χ0v) is 7.20. The van der Waals surface area contributed by atoms with E-state index in [9.17, 15) is 0 Å². The fourth-order valence-electron chi connectivity index (χ4n) is 1.12. The Morgan fingerprint density at radius 3 is 2.69 bits per heavy atom. The zero-order chi connectivity index (χ0) is 8.93. The van der Waals surface area contributed by atoms with E-state index >= 15 is 0 Å². The summed E-state index contributed by atoms with van der Waals surface area (Å²) in [6.45, 7) is 0. The van der Waals surface area contributed by atoms with Crippen molar-refractivity contribution in [1.82, 2.24) is 0 Å². The van der Waals surface area contributed by atoms with Crippen molar-refractivity contribution in [3.05, 3.63) is 42.5 Å². The second-order valence-electron chi connectivity index (χ2n) is 2.74. The molecule has 2 rings (SSSR count). The molecule has 0 unspecified atom stereocenters. The summed E-state index contributed by atoms with van der Waals surface area (Å²) in [6, 6.07) is 9.86. The van der Waals surface area contributed by atoms with E-state index in [1.54, 1.807) is 0 Å². The first-order valence-electron chi connectivity index (χ1n) is 4.24. The minimum Gasteiger partial charge on any atom is -0.240 e. The van der Waals surface area contributed by atoms with E-state index < -0.39 is 0 Å². The summed E-state index contributed by atoms with van der Waals surface area (Å²) in [5.41, 5.74) is 1.80. The van der Waals surface area contributed by atoms with E-state index in [0.717, 1.165) is 17.8 Å². The van der Waals surface area contributed by atoms with Crippen molar-refractivity contribution in [2.75, 3.05) is 0 Å². The summed E-state index contributed by atoms with van der Waals surface area (Å²) < 4.78 is 0. The molecule has 0 fully saturated rings. The van der Waals surface area contributed by atoms with Crippen molar-refractivity contribution in [2.45, 2.75) is 6.42 Å². The first kappa shape index (κ1) is 7.82. The summed E-state index contributed by atoms with van der Waals surface area (Å²) >= 11 is 0. The first-order chi connectivity index (χ1) is 6.45. The number of benzene rings is 1. The van der Waals surface area contributed by atoms with Crippen molar-refractivity contribution in [3.8, 4) is 11.8 Å². The van der Waals surface area contributed by atoms with Crippen LogP contribution >= 0.6 is 0 Å². The molecule has 0 amide bonds. The number of nitrogens with zero attached hydrogens (tertiary/aromatic N) is 1. The third-order valence-corrected chi connectivity index (χ3v) is 1.72. The Hall–Kier alpha value is -1.81. The number of hydrogen-bond donors (Lipinski definition) is 0. The van der Waals surface area contributed by atoms with Crippen LogP contribution in [0.1, 0.15) is 6.42 Å². The van der Waals surface area contributed by atoms with Crippen molar-refractivity contribution in [1.29, 1.82) is 0 Å². The Kier molecular flexibility index (Phi) is 2.24. The van der Waals surface area contributed by atoms with Crippen LogP contribution in [0.25, 0.3) is 0 Å². The van der Waals surface area contributed by atoms with E-state index in [1.165, 1.54) is 0 Å². The molecule has 13 heavy (non-hydrogen) atoms. The molecule has 1 heteroatoms. The monoisotopic (exact) mass is 167 g/mol. The fourth-order valence-corrected chi connectivity index (χ4v) is 1.12. The Balaban J connectivity index is 2.28. The van der Waals surface area contributed by atoms with Crippen molar-refractivity contribution in [3.63, 3.8) is 0 Å². The smallest absolute Gasteiger partial charge is 0.113 e. The molecular weight excluding hydrogens is 158 g/mol. The number of aliphatic imine (C=N–C) groups is 1. The molecule has 0 atom stereocenters. The molecule has 1 aromatic rings. The lowest BCUT2D eigenvalue weighted by atomic mass is 10.2. The molecule has 0 aromatic heterocycles. The Bertz CT molecular complexity index is 402. The van der Waals surface area contributed by atoms with Crippen LogP contribution in [0.5, 0.6) is 0 Å². The highest BCUT2D eigenvalue weighted by molar-refractivity contribution is 6.10. The van der Waals surface area contributed by atoms with Gasteiger partial charge < -0.3 is 0 Å². The van der Waals surface area contributed by atoms with E-state index in [-0.39, 0.29) is 0 Å². The van der Waals surface area contributed by atoms with Gasteiger partial charge in [0.15, 0.2) is 0 Å². The summed E-state index contributed by atoms with van der Waals surface area (Å²) in [5, 5.41) is 0. The van der Waals surface area contributed by atoms with Crippen LogP contribution in [0.3, 0.4) is 0 Å². The molecule has 0 bridgehead atoms. The van der Waals surface area contributed by atoms with Crippen molar-refractivity contribution in [2.24, 2.45) is 4.99 Å². The molecule has 0 spiro atoms. The van der Waals surface area contributed by atoms with Gasteiger partial charge in [0.2, 0.25) is 0 Å². The summed E-state index contributed by atoms with van der Waals surface area (Å²) in [4.78, 5) is 4.37. The van der Waals surface area contributed by atoms with Gasteiger partial charge in [-0.3, -0.25) is 0 Å². The maximum Gasteiger partial charge on any atom is 0.113 e. The van der Waals surface area contributed by atoms with Crippen LogP contribution in [0.2, 0.25) is 0 Å². The van der Waals surface area contributed by atoms with Crippen LogP contribution < -0.4 is 0 Å². The highest BCUT2D eigenvalue weighted by atomic mass is 14.7. The van der Waals surface area contributed by atoms with Crippen LogP contribution in [0.15, 0.2) is 47.5 Å². The molecule has 62 valence electrons.